The summed E-state index contributed by atoms with van der Waals surface area (Å²) >= 11 is 5.73. The highest BCUT2D eigenvalue weighted by Crippen LogP contribution is 2.22. The highest BCUT2D eigenvalue weighted by Gasteiger charge is 2.36. The predicted octanol–water partition coefficient (Wildman–Crippen LogP) is 0.255. The van der Waals surface area contributed by atoms with Crippen LogP contribution in [0.15, 0.2) is 18.5 Å². The van der Waals surface area contributed by atoms with Crippen LogP contribution in [0.1, 0.15) is 13.0 Å². The van der Waals surface area contributed by atoms with Crippen molar-refractivity contribution in [3.8, 4) is 0 Å². The molecule has 1 aromatic rings. The Morgan fingerprint density at radius 1 is 1.62 bits per heavy atom. The van der Waals surface area contributed by atoms with Gasteiger partial charge in [0.2, 0.25) is 5.91 Å². The van der Waals surface area contributed by atoms with Crippen molar-refractivity contribution in [2.24, 2.45) is 0 Å². The van der Waals surface area contributed by atoms with Crippen LogP contribution in [0.4, 0.5) is 0 Å². The second kappa shape index (κ2) is 4.43. The number of carbonyl (C=O) groups excluding carboxylic acids is 1. The molecule has 1 aliphatic rings. The average Bonchev–Trinajstić information content (AvgIpc) is 2.84. The first-order chi connectivity index (χ1) is 7.59. The molecule has 2 rings (SSSR count). The third kappa shape index (κ3) is 2.05. The second-order valence-electron chi connectivity index (χ2n) is 3.98. The minimum Gasteiger partial charge on any atom is -0.389 e. The molecule has 88 valence electrons. The fourth-order valence-corrected chi connectivity index (χ4v) is 2.08. The van der Waals surface area contributed by atoms with E-state index in [9.17, 15) is 9.90 Å². The van der Waals surface area contributed by atoms with E-state index in [-0.39, 0.29) is 11.9 Å². The van der Waals surface area contributed by atoms with E-state index < -0.39 is 11.5 Å². The molecule has 0 saturated carbocycles. The first-order valence-corrected chi connectivity index (χ1v) is 5.63. The van der Waals surface area contributed by atoms with Crippen LogP contribution in [0.2, 0.25) is 0 Å². The van der Waals surface area contributed by atoms with Gasteiger partial charge in [0.05, 0.1) is 12.1 Å². The third-order valence-electron chi connectivity index (χ3n) is 2.78. The number of carbonyl (C=O) groups is 1. The van der Waals surface area contributed by atoms with E-state index in [1.54, 1.807) is 35.0 Å². The number of rotatable bonds is 2. The zero-order valence-electron chi connectivity index (χ0n) is 8.95. The smallest absolute Gasteiger partial charge is 0.240 e. The zero-order chi connectivity index (χ0) is 11.7. The van der Waals surface area contributed by atoms with E-state index in [2.05, 4.69) is 5.10 Å². The number of halogens is 1. The molecule has 3 atom stereocenters. The van der Waals surface area contributed by atoms with Crippen LogP contribution in [-0.2, 0) is 4.79 Å². The van der Waals surface area contributed by atoms with E-state index >= 15 is 0 Å². The molecule has 1 fully saturated rings. The molecule has 1 aromatic heterocycles. The van der Waals surface area contributed by atoms with Crippen LogP contribution in [-0.4, -0.2) is 50.3 Å². The molecular formula is C10H14ClN3O2. The van der Waals surface area contributed by atoms with Gasteiger partial charge in [-0.25, -0.2) is 0 Å². The van der Waals surface area contributed by atoms with Crippen molar-refractivity contribution in [3.05, 3.63) is 18.5 Å². The highest BCUT2D eigenvalue weighted by molar-refractivity contribution is 6.30. The van der Waals surface area contributed by atoms with Crippen LogP contribution in [0.25, 0.3) is 0 Å². The van der Waals surface area contributed by atoms with Gasteiger partial charge in [-0.2, -0.15) is 5.10 Å². The van der Waals surface area contributed by atoms with Crippen LogP contribution in [0.3, 0.4) is 0 Å². The fraction of sp³-hybridized carbons (Fsp3) is 0.600. The molecule has 0 aromatic carbocycles. The lowest BCUT2D eigenvalue weighted by Crippen LogP contribution is -2.34. The quantitative estimate of drug-likeness (QED) is 0.758. The van der Waals surface area contributed by atoms with Gasteiger partial charge in [0.1, 0.15) is 5.38 Å². The molecule has 0 bridgehead atoms. The van der Waals surface area contributed by atoms with Gasteiger partial charge in [-0.05, 0) is 13.0 Å². The lowest BCUT2D eigenvalue weighted by molar-refractivity contribution is -0.129. The Balaban J connectivity index is 2.08. The molecule has 1 amide bonds. The average molecular weight is 244 g/mol. The summed E-state index contributed by atoms with van der Waals surface area (Å²) in [5.41, 5.74) is 0. The van der Waals surface area contributed by atoms with Crippen molar-refractivity contribution in [2.45, 2.75) is 24.4 Å². The molecule has 0 spiro atoms. The molecule has 16 heavy (non-hydrogen) atoms. The normalized spacial score (nSPS) is 27.1. The van der Waals surface area contributed by atoms with Crippen LogP contribution >= 0.6 is 11.6 Å². The molecule has 6 heteroatoms. The molecule has 1 N–H and O–H groups in total. The summed E-state index contributed by atoms with van der Waals surface area (Å²) < 4.78 is 1.68. The predicted molar refractivity (Wildman–Crippen MR) is 59.2 cm³/mol. The summed E-state index contributed by atoms with van der Waals surface area (Å²) in [6, 6.07) is 1.62. The summed E-state index contributed by atoms with van der Waals surface area (Å²) in [4.78, 5) is 13.2. The molecule has 1 aliphatic heterocycles. The van der Waals surface area contributed by atoms with E-state index in [4.69, 9.17) is 11.6 Å². The number of nitrogens with zero attached hydrogens (tertiary/aromatic N) is 3. The van der Waals surface area contributed by atoms with Gasteiger partial charge in [0, 0.05) is 25.5 Å². The summed E-state index contributed by atoms with van der Waals surface area (Å²) in [6.45, 7) is 2.41. The lowest BCUT2D eigenvalue weighted by atomic mass is 10.2. The Bertz CT molecular complexity index is 366. The summed E-state index contributed by atoms with van der Waals surface area (Å²) in [6.07, 6.45) is 2.85. The first-order valence-electron chi connectivity index (χ1n) is 5.19. The molecule has 5 nitrogen and oxygen atoms in total. The van der Waals surface area contributed by atoms with E-state index in [1.807, 2.05) is 0 Å². The Hall–Kier alpha value is -1.07. The van der Waals surface area contributed by atoms with Crippen LogP contribution in [0, 0.1) is 0 Å². The topological polar surface area (TPSA) is 58.4 Å². The SMILES string of the molecule is C[C@H](Cl)C(=O)N1C[C@@H](O)[C@H](n2cccn2)C1. The maximum atomic E-state index is 11.7. The summed E-state index contributed by atoms with van der Waals surface area (Å²) in [7, 11) is 0. The Labute approximate surface area is 98.6 Å². The van der Waals surface area contributed by atoms with Crippen molar-refractivity contribution in [1.82, 2.24) is 14.7 Å². The van der Waals surface area contributed by atoms with Gasteiger partial charge in [0.25, 0.3) is 0 Å². The van der Waals surface area contributed by atoms with Gasteiger partial charge in [-0.3, -0.25) is 9.48 Å². The van der Waals surface area contributed by atoms with Gasteiger partial charge < -0.3 is 10.0 Å². The summed E-state index contributed by atoms with van der Waals surface area (Å²) in [5.74, 6) is -0.143. The highest BCUT2D eigenvalue weighted by atomic mass is 35.5. The van der Waals surface area contributed by atoms with Crippen molar-refractivity contribution < 1.29 is 9.90 Å². The molecule has 1 saturated heterocycles. The molecule has 2 heterocycles. The van der Waals surface area contributed by atoms with Gasteiger partial charge in [-0.1, -0.05) is 0 Å². The van der Waals surface area contributed by atoms with Crippen molar-refractivity contribution in [1.29, 1.82) is 0 Å². The van der Waals surface area contributed by atoms with E-state index in [1.165, 1.54) is 0 Å². The minimum absolute atomic E-state index is 0.143. The zero-order valence-corrected chi connectivity index (χ0v) is 9.71. The fourth-order valence-electron chi connectivity index (χ4n) is 1.94. The van der Waals surface area contributed by atoms with Crippen LogP contribution in [0.5, 0.6) is 0 Å². The van der Waals surface area contributed by atoms with E-state index in [0.717, 1.165) is 0 Å². The van der Waals surface area contributed by atoms with Crippen LogP contribution < -0.4 is 0 Å². The monoisotopic (exact) mass is 243 g/mol. The first kappa shape index (κ1) is 11.4. The maximum absolute atomic E-state index is 11.7. The third-order valence-corrected chi connectivity index (χ3v) is 2.96. The van der Waals surface area contributed by atoms with Gasteiger partial charge in [-0.15, -0.1) is 11.6 Å². The number of amides is 1. The molecule has 0 unspecified atom stereocenters. The molecule has 0 radical (unpaired) electrons. The maximum Gasteiger partial charge on any atom is 0.240 e. The second-order valence-corrected chi connectivity index (χ2v) is 4.63. The van der Waals surface area contributed by atoms with E-state index in [0.29, 0.717) is 13.1 Å². The van der Waals surface area contributed by atoms with Crippen molar-refractivity contribution >= 4 is 17.5 Å². The van der Waals surface area contributed by atoms with Crippen molar-refractivity contribution in [2.75, 3.05) is 13.1 Å². The van der Waals surface area contributed by atoms with Gasteiger partial charge >= 0.3 is 0 Å². The Morgan fingerprint density at radius 3 is 2.94 bits per heavy atom. The number of hydrogen-bond donors (Lipinski definition) is 1. The minimum atomic E-state index is -0.584. The number of aliphatic hydroxyl groups is 1. The molecular weight excluding hydrogens is 230 g/mol. The number of alkyl halides is 1. The number of β-amino-alcohol motifs (C(OH)–C–C–N with tert-alkyl or cyclic N) is 1. The van der Waals surface area contributed by atoms with Gasteiger partial charge in [0.15, 0.2) is 0 Å². The number of likely N-dealkylation sites (tertiary alicyclic amines) is 1. The number of hydrogen-bond acceptors (Lipinski definition) is 3. The Morgan fingerprint density at radius 2 is 2.38 bits per heavy atom. The summed E-state index contributed by atoms with van der Waals surface area (Å²) in [5, 5.41) is 13.4. The lowest BCUT2D eigenvalue weighted by Gasteiger charge is -2.17. The van der Waals surface area contributed by atoms with Crippen molar-refractivity contribution in [3.63, 3.8) is 0 Å². The number of aromatic nitrogens is 2. The number of aliphatic hydroxyl groups excluding tert-OH is 1. The Kier molecular flexibility index (Phi) is 3.16. The largest absolute Gasteiger partial charge is 0.389 e. The standard InChI is InChI=1S/C10H14ClN3O2/c1-7(11)10(16)13-5-8(9(15)6-13)14-4-2-3-12-14/h2-4,7-9,15H,5-6H2,1H3/t7-,8+,9+/m0/s1. The molecule has 0 aliphatic carbocycles.